The number of ether oxygens (including phenoxy) is 5. The standard InChI is InChI=1S/C45H63NO9S/c1-11-52-39(50)31(46)23-56-36-28-17-19-42(9,18-12-13-24(2)3)53-34(28)27(15-14-25(4)5)35-32(36)33(47)29-21-43-22-30(43)37(48)44(20-16-26(6)38(49)51-10)45(29,54-35)40(43)41(7,8)55-44/h16,21,24-25,28,30-31,34,40H,11-15,17-20,22-23,46H2,1-10H3. The van der Waals surface area contributed by atoms with Crippen molar-refractivity contribution < 1.29 is 42.9 Å². The van der Waals surface area contributed by atoms with Crippen molar-refractivity contribution in [1.29, 1.82) is 0 Å². The van der Waals surface area contributed by atoms with Crippen molar-refractivity contribution in [3.05, 3.63) is 45.1 Å². The molecule has 0 aromatic rings. The lowest BCUT2D eigenvalue weighted by atomic mass is 9.58. The van der Waals surface area contributed by atoms with Gasteiger partial charge in [-0.15, -0.1) is 11.8 Å². The van der Waals surface area contributed by atoms with Crippen LogP contribution in [0, 0.1) is 35.0 Å². The maximum Gasteiger partial charge on any atom is 0.333 e. The van der Waals surface area contributed by atoms with Crippen LogP contribution < -0.4 is 5.73 Å². The fraction of sp³-hybridized carbons (Fsp3) is 0.733. The maximum absolute atomic E-state index is 15.7. The van der Waals surface area contributed by atoms with Gasteiger partial charge >= 0.3 is 11.9 Å². The van der Waals surface area contributed by atoms with Crippen LogP contribution >= 0.6 is 11.8 Å². The zero-order valence-electron chi connectivity index (χ0n) is 35.1. The van der Waals surface area contributed by atoms with Gasteiger partial charge < -0.3 is 29.4 Å². The first kappa shape index (κ1) is 41.4. The number of hydrogen-bond acceptors (Lipinski definition) is 11. The zero-order chi connectivity index (χ0) is 40.7. The summed E-state index contributed by atoms with van der Waals surface area (Å²) in [6, 6.07) is -0.884. The average molecular weight is 794 g/mol. The smallest absolute Gasteiger partial charge is 0.333 e. The number of carbonyl (C=O) groups excluding carboxylic acids is 4. The summed E-state index contributed by atoms with van der Waals surface area (Å²) in [6.45, 7) is 18.8. The Morgan fingerprint density at radius 2 is 1.82 bits per heavy atom. The monoisotopic (exact) mass is 793 g/mol. The summed E-state index contributed by atoms with van der Waals surface area (Å²) in [6.07, 6.45) is 10.4. The molecule has 3 aliphatic heterocycles. The van der Waals surface area contributed by atoms with E-state index in [-0.39, 0.29) is 59.8 Å². The molecule has 56 heavy (non-hydrogen) atoms. The lowest BCUT2D eigenvalue weighted by Gasteiger charge is -2.53. The molecular formula is C45H63NO9S. The molecule has 0 aromatic heterocycles. The van der Waals surface area contributed by atoms with E-state index in [1.807, 2.05) is 13.8 Å². The van der Waals surface area contributed by atoms with Gasteiger partial charge in [0.25, 0.3) is 0 Å². The SMILES string of the molecule is CCOC(=O)C(N)CSC1=C2C(=O)C3=CC45CC4C(=O)C4(CC=C(C)C(=O)OC)OC(C)(C)C5C34OC2=C(CCC(C)C)C2OC(C)(CCCC(C)C)CCC12. The van der Waals surface area contributed by atoms with Gasteiger partial charge in [-0.3, -0.25) is 14.4 Å². The summed E-state index contributed by atoms with van der Waals surface area (Å²) in [5, 5.41) is 0. The molecule has 0 radical (unpaired) electrons. The van der Waals surface area contributed by atoms with Crippen molar-refractivity contribution in [2.45, 2.75) is 155 Å². The number of rotatable bonds is 15. The van der Waals surface area contributed by atoms with Crippen LogP contribution in [-0.4, -0.2) is 77.5 Å². The minimum Gasteiger partial charge on any atom is -0.478 e. The van der Waals surface area contributed by atoms with E-state index in [1.165, 1.54) is 18.9 Å². The Kier molecular flexibility index (Phi) is 10.7. The highest BCUT2D eigenvalue weighted by Gasteiger charge is 2.92. The summed E-state index contributed by atoms with van der Waals surface area (Å²) in [5.74, 6) is -0.244. The minimum atomic E-state index is -1.55. The topological polar surface area (TPSA) is 140 Å². The Hall–Kier alpha value is -2.73. The molecule has 2 spiro atoms. The zero-order valence-corrected chi connectivity index (χ0v) is 36.0. The van der Waals surface area contributed by atoms with Gasteiger partial charge in [-0.1, -0.05) is 52.7 Å². The Labute approximate surface area is 337 Å². The van der Waals surface area contributed by atoms with E-state index < -0.39 is 40.2 Å². The Morgan fingerprint density at radius 1 is 1.11 bits per heavy atom. The average Bonchev–Trinajstić information content (AvgIpc) is 3.72. The number of Topliss-reactive ketones (excluding diaryl/α,β-unsaturated/α-hetero) is 2. The van der Waals surface area contributed by atoms with Crippen LogP contribution in [0.2, 0.25) is 0 Å². The van der Waals surface area contributed by atoms with E-state index in [4.69, 9.17) is 29.4 Å². The molecule has 9 atom stereocenters. The number of thioether (sulfide) groups is 1. The predicted molar refractivity (Wildman–Crippen MR) is 214 cm³/mol. The minimum absolute atomic E-state index is 0.0596. The van der Waals surface area contributed by atoms with Gasteiger partial charge in [0.05, 0.1) is 36.6 Å². The summed E-state index contributed by atoms with van der Waals surface area (Å²) in [7, 11) is 1.33. The van der Waals surface area contributed by atoms with Crippen molar-refractivity contribution in [2.75, 3.05) is 19.5 Å². The van der Waals surface area contributed by atoms with Crippen LogP contribution in [0.1, 0.15) is 120 Å². The maximum atomic E-state index is 15.7. The second-order valence-electron chi connectivity index (χ2n) is 19.1. The number of esters is 2. The first-order valence-corrected chi connectivity index (χ1v) is 22.0. The first-order valence-electron chi connectivity index (χ1n) is 21.0. The molecule has 4 aliphatic carbocycles. The molecule has 4 bridgehead atoms. The van der Waals surface area contributed by atoms with E-state index in [1.54, 1.807) is 19.9 Å². The van der Waals surface area contributed by atoms with Crippen LogP contribution in [0.15, 0.2) is 45.1 Å². The molecular weight excluding hydrogens is 731 g/mol. The van der Waals surface area contributed by atoms with E-state index in [0.29, 0.717) is 47.2 Å². The van der Waals surface area contributed by atoms with Gasteiger partial charge in [-0.25, -0.2) is 4.79 Å². The number of fused-ring (bicyclic) bond motifs is 2. The normalized spacial score (nSPS) is 36.8. The van der Waals surface area contributed by atoms with Crippen molar-refractivity contribution in [3.63, 3.8) is 0 Å². The second kappa shape index (κ2) is 14.5. The number of nitrogens with two attached hydrogens (primary N) is 1. The third-order valence-electron chi connectivity index (χ3n) is 13.9. The summed E-state index contributed by atoms with van der Waals surface area (Å²) in [5.41, 5.74) is 4.01. The number of ketones is 2. The van der Waals surface area contributed by atoms with E-state index in [0.717, 1.165) is 49.0 Å². The number of carbonyl (C=O) groups is 4. The molecule has 10 nitrogen and oxygen atoms in total. The highest BCUT2D eigenvalue weighted by atomic mass is 32.2. The molecule has 0 amide bonds. The lowest BCUT2D eigenvalue weighted by molar-refractivity contribution is -0.177. The van der Waals surface area contributed by atoms with E-state index >= 15 is 4.79 Å². The molecule has 0 aromatic carbocycles. The van der Waals surface area contributed by atoms with Crippen molar-refractivity contribution >= 4 is 35.3 Å². The Balaban J connectivity index is 1.42. The second-order valence-corrected chi connectivity index (χ2v) is 20.2. The molecule has 7 aliphatic rings. The fourth-order valence-electron chi connectivity index (χ4n) is 11.4. The van der Waals surface area contributed by atoms with Crippen LogP contribution in [0.25, 0.3) is 0 Å². The van der Waals surface area contributed by atoms with Crippen LogP contribution in [-0.2, 0) is 42.9 Å². The number of methoxy groups -OCH3 is 1. The lowest BCUT2D eigenvalue weighted by Crippen LogP contribution is -2.66. The summed E-state index contributed by atoms with van der Waals surface area (Å²) >= 11 is 1.44. The molecule has 11 heteroatoms. The van der Waals surface area contributed by atoms with Gasteiger partial charge in [0, 0.05) is 57.0 Å². The largest absolute Gasteiger partial charge is 0.478 e. The highest BCUT2D eigenvalue weighted by Crippen LogP contribution is 2.82. The molecule has 2 N–H and O–H groups in total. The fourth-order valence-corrected chi connectivity index (χ4v) is 12.6. The Morgan fingerprint density at radius 3 is 2.48 bits per heavy atom. The molecule has 9 unspecified atom stereocenters. The molecule has 308 valence electrons. The van der Waals surface area contributed by atoms with Crippen LogP contribution in [0.5, 0.6) is 0 Å². The van der Waals surface area contributed by atoms with Gasteiger partial charge in [0.2, 0.25) is 0 Å². The molecule has 3 heterocycles. The predicted octanol–water partition coefficient (Wildman–Crippen LogP) is 7.49. The third kappa shape index (κ3) is 6.22. The van der Waals surface area contributed by atoms with Crippen LogP contribution in [0.3, 0.4) is 0 Å². The van der Waals surface area contributed by atoms with Crippen molar-refractivity contribution in [3.8, 4) is 0 Å². The Bertz CT molecular complexity index is 1820. The highest BCUT2D eigenvalue weighted by molar-refractivity contribution is 8.03. The molecule has 7 rings (SSSR count). The first-order chi connectivity index (χ1) is 26.3. The van der Waals surface area contributed by atoms with E-state index in [2.05, 4.69) is 40.7 Å². The summed E-state index contributed by atoms with van der Waals surface area (Å²) in [4.78, 5) is 56.9. The van der Waals surface area contributed by atoms with E-state index in [9.17, 15) is 14.4 Å². The molecule has 3 saturated heterocycles. The quantitative estimate of drug-likeness (QED) is 0.130. The van der Waals surface area contributed by atoms with Gasteiger partial charge in [0.1, 0.15) is 11.8 Å². The summed E-state index contributed by atoms with van der Waals surface area (Å²) < 4.78 is 32.3. The van der Waals surface area contributed by atoms with Crippen molar-refractivity contribution in [1.82, 2.24) is 0 Å². The third-order valence-corrected chi connectivity index (χ3v) is 15.2. The molecule has 5 fully saturated rings. The molecule has 2 saturated carbocycles. The number of allylic oxidation sites excluding steroid dienone is 2. The number of hydrogen-bond donors (Lipinski definition) is 1. The van der Waals surface area contributed by atoms with Crippen LogP contribution in [0.4, 0.5) is 0 Å². The van der Waals surface area contributed by atoms with Gasteiger partial charge in [-0.05, 0) is 85.0 Å². The van der Waals surface area contributed by atoms with Gasteiger partial charge in [0.15, 0.2) is 22.8 Å². The van der Waals surface area contributed by atoms with Gasteiger partial charge in [-0.2, -0.15) is 0 Å². The van der Waals surface area contributed by atoms with Crippen molar-refractivity contribution in [2.24, 2.45) is 40.7 Å².